The monoisotopic (exact) mass is 468 g/mol. The molecule has 0 bridgehead atoms. The summed E-state index contributed by atoms with van der Waals surface area (Å²) in [5.74, 6) is 2.05. The molecule has 0 saturated heterocycles. The van der Waals surface area contributed by atoms with Crippen LogP contribution in [-0.4, -0.2) is 22.5 Å². The molecule has 1 aromatic heterocycles. The van der Waals surface area contributed by atoms with E-state index in [2.05, 4.69) is 30.7 Å². The van der Waals surface area contributed by atoms with Crippen LogP contribution in [-0.2, 0) is 4.79 Å². The van der Waals surface area contributed by atoms with Crippen LogP contribution in [0.15, 0.2) is 36.7 Å². The minimum absolute atomic E-state index is 0.180. The fourth-order valence-corrected chi connectivity index (χ4v) is 3.93. The second kappa shape index (κ2) is 17.1. The molecule has 1 aromatic carbocycles. The first-order valence-electron chi connectivity index (χ1n) is 13.4. The van der Waals surface area contributed by atoms with Gasteiger partial charge >= 0.3 is 5.97 Å². The summed E-state index contributed by atoms with van der Waals surface area (Å²) >= 11 is 0. The normalized spacial score (nSPS) is 11.9. The highest BCUT2D eigenvalue weighted by Crippen LogP contribution is 2.22. The fourth-order valence-electron chi connectivity index (χ4n) is 3.93. The lowest BCUT2D eigenvalue weighted by atomic mass is 10.0. The van der Waals surface area contributed by atoms with Crippen molar-refractivity contribution in [3.8, 4) is 22.9 Å². The molecule has 0 N–H and O–H groups in total. The Morgan fingerprint density at radius 2 is 1.38 bits per heavy atom. The summed E-state index contributed by atoms with van der Waals surface area (Å²) in [5, 5.41) is 0. The molecule has 2 aromatic rings. The molecule has 0 aliphatic carbocycles. The smallest absolute Gasteiger partial charge is 0.311 e. The molecule has 0 saturated carbocycles. The van der Waals surface area contributed by atoms with E-state index in [-0.39, 0.29) is 5.97 Å². The third-order valence-corrected chi connectivity index (χ3v) is 6.05. The molecular formula is C29H44N2O3. The number of esters is 1. The zero-order valence-corrected chi connectivity index (χ0v) is 21.6. The summed E-state index contributed by atoms with van der Waals surface area (Å²) < 4.78 is 11.3. The van der Waals surface area contributed by atoms with Gasteiger partial charge in [-0.3, -0.25) is 4.79 Å². The lowest BCUT2D eigenvalue weighted by Crippen LogP contribution is -2.12. The number of rotatable bonds is 18. The maximum Gasteiger partial charge on any atom is 0.311 e. The number of nitrogens with zero attached hydrogens (tertiary/aromatic N) is 2. The van der Waals surface area contributed by atoms with Gasteiger partial charge in [0, 0.05) is 12.0 Å². The number of hydrogen-bond donors (Lipinski definition) is 0. The van der Waals surface area contributed by atoms with Crippen LogP contribution >= 0.6 is 0 Å². The van der Waals surface area contributed by atoms with E-state index >= 15 is 0 Å². The van der Waals surface area contributed by atoms with Gasteiger partial charge in [0.15, 0.2) is 11.6 Å². The van der Waals surface area contributed by atoms with Crippen molar-refractivity contribution in [2.75, 3.05) is 6.61 Å². The van der Waals surface area contributed by atoms with E-state index in [4.69, 9.17) is 9.47 Å². The van der Waals surface area contributed by atoms with Gasteiger partial charge < -0.3 is 9.47 Å². The average Bonchev–Trinajstić information content (AvgIpc) is 2.84. The molecule has 0 spiro atoms. The van der Waals surface area contributed by atoms with Crippen molar-refractivity contribution in [3.05, 3.63) is 36.7 Å². The maximum absolute atomic E-state index is 12.1. The second-order valence-electron chi connectivity index (χ2n) is 9.37. The zero-order valence-electron chi connectivity index (χ0n) is 21.6. The Kier molecular flexibility index (Phi) is 14.0. The van der Waals surface area contributed by atoms with Crippen molar-refractivity contribution in [3.63, 3.8) is 0 Å². The summed E-state index contributed by atoms with van der Waals surface area (Å²) in [4.78, 5) is 21.0. The second-order valence-corrected chi connectivity index (χ2v) is 9.37. The van der Waals surface area contributed by atoms with Crippen LogP contribution in [0, 0.1) is 5.92 Å². The van der Waals surface area contributed by atoms with E-state index in [1.165, 1.54) is 51.4 Å². The van der Waals surface area contributed by atoms with Gasteiger partial charge in [0.2, 0.25) is 0 Å². The number of hydrogen-bond acceptors (Lipinski definition) is 5. The zero-order chi connectivity index (χ0) is 24.4. The van der Waals surface area contributed by atoms with Crippen LogP contribution < -0.4 is 9.47 Å². The molecule has 188 valence electrons. The molecule has 1 heterocycles. The quantitative estimate of drug-likeness (QED) is 0.125. The molecule has 0 fully saturated rings. The Morgan fingerprint density at radius 1 is 0.794 bits per heavy atom. The van der Waals surface area contributed by atoms with Crippen LogP contribution in [0.4, 0.5) is 0 Å². The number of carbonyl (C=O) groups is 1. The Bertz CT molecular complexity index is 790. The van der Waals surface area contributed by atoms with E-state index in [1.807, 2.05) is 12.1 Å². The standard InChI is InChI=1S/C29H44N2O3/c1-4-6-8-9-10-11-12-13-14-20-33-27-22-30-29(31-23-27)25-16-18-26(19-17-25)34-28(32)21-24(3)15-7-5-2/h16-19,22-24H,4-15,20-21H2,1-3H3/t24-/m0/s1. The van der Waals surface area contributed by atoms with Crippen LogP contribution in [0.1, 0.15) is 104 Å². The Morgan fingerprint density at radius 3 is 2.00 bits per heavy atom. The molecule has 2 rings (SSSR count). The molecule has 5 heteroatoms. The number of unbranched alkanes of at least 4 members (excludes halogenated alkanes) is 9. The third-order valence-electron chi connectivity index (χ3n) is 6.05. The van der Waals surface area contributed by atoms with Gasteiger partial charge in [0.05, 0.1) is 19.0 Å². The molecule has 0 amide bonds. The topological polar surface area (TPSA) is 61.3 Å². The van der Waals surface area contributed by atoms with Crippen LogP contribution in [0.25, 0.3) is 11.4 Å². The summed E-state index contributed by atoms with van der Waals surface area (Å²) in [7, 11) is 0. The molecular weight excluding hydrogens is 424 g/mol. The van der Waals surface area contributed by atoms with Gasteiger partial charge in [-0.1, -0.05) is 91.4 Å². The molecule has 5 nitrogen and oxygen atoms in total. The van der Waals surface area contributed by atoms with Gasteiger partial charge in [0.25, 0.3) is 0 Å². The average molecular weight is 469 g/mol. The SMILES string of the molecule is CCCCCCCCCCCOc1cnc(-c2ccc(OC(=O)C[C@@H](C)CCCC)cc2)nc1. The third kappa shape index (κ3) is 11.6. The predicted molar refractivity (Wildman–Crippen MR) is 139 cm³/mol. The van der Waals surface area contributed by atoms with Crippen LogP contribution in [0.5, 0.6) is 11.5 Å². The van der Waals surface area contributed by atoms with Crippen molar-refractivity contribution in [1.29, 1.82) is 0 Å². The first-order chi connectivity index (χ1) is 16.6. The molecule has 34 heavy (non-hydrogen) atoms. The van der Waals surface area contributed by atoms with Gasteiger partial charge in [0.1, 0.15) is 5.75 Å². The van der Waals surface area contributed by atoms with Gasteiger partial charge in [-0.05, 0) is 36.6 Å². The maximum atomic E-state index is 12.1. The summed E-state index contributed by atoms with van der Waals surface area (Å²) in [5.41, 5.74) is 0.876. The summed E-state index contributed by atoms with van der Waals surface area (Å²) in [6.45, 7) is 7.22. The highest BCUT2D eigenvalue weighted by Gasteiger charge is 2.11. The minimum atomic E-state index is -0.180. The number of aromatic nitrogens is 2. The van der Waals surface area contributed by atoms with Crippen LogP contribution in [0.3, 0.4) is 0 Å². The van der Waals surface area contributed by atoms with E-state index in [0.717, 1.165) is 31.2 Å². The first kappa shape index (κ1) is 27.8. The van der Waals surface area contributed by atoms with Gasteiger partial charge in [-0.25, -0.2) is 9.97 Å². The lowest BCUT2D eigenvalue weighted by molar-refractivity contribution is -0.135. The van der Waals surface area contributed by atoms with Crippen LogP contribution in [0.2, 0.25) is 0 Å². The predicted octanol–water partition coefficient (Wildman–Crippen LogP) is 8.18. The van der Waals surface area contributed by atoms with E-state index in [0.29, 0.717) is 36.3 Å². The first-order valence-corrected chi connectivity index (χ1v) is 13.4. The van der Waals surface area contributed by atoms with Crippen molar-refractivity contribution in [2.24, 2.45) is 5.92 Å². The molecule has 0 radical (unpaired) electrons. The summed E-state index contributed by atoms with van der Waals surface area (Å²) in [6.07, 6.45) is 18.9. The fraction of sp³-hybridized carbons (Fsp3) is 0.621. The largest absolute Gasteiger partial charge is 0.490 e. The van der Waals surface area contributed by atoms with E-state index in [1.54, 1.807) is 24.5 Å². The molecule has 0 unspecified atom stereocenters. The Hall–Kier alpha value is -2.43. The van der Waals surface area contributed by atoms with Crippen molar-refractivity contribution >= 4 is 5.97 Å². The Labute approximate surface area is 206 Å². The molecule has 1 atom stereocenters. The van der Waals surface area contributed by atoms with E-state index in [9.17, 15) is 4.79 Å². The molecule has 0 aliphatic rings. The minimum Gasteiger partial charge on any atom is -0.490 e. The van der Waals surface area contributed by atoms with E-state index < -0.39 is 0 Å². The number of ether oxygens (including phenoxy) is 2. The molecule has 0 aliphatic heterocycles. The number of carbonyl (C=O) groups excluding carboxylic acids is 1. The Balaban J connectivity index is 1.66. The van der Waals surface area contributed by atoms with Crippen molar-refractivity contribution < 1.29 is 14.3 Å². The number of benzene rings is 1. The van der Waals surface area contributed by atoms with Gasteiger partial charge in [-0.2, -0.15) is 0 Å². The van der Waals surface area contributed by atoms with Crippen molar-refractivity contribution in [2.45, 2.75) is 104 Å². The summed E-state index contributed by atoms with van der Waals surface area (Å²) in [6, 6.07) is 7.34. The highest BCUT2D eigenvalue weighted by molar-refractivity contribution is 5.72. The van der Waals surface area contributed by atoms with Gasteiger partial charge in [-0.15, -0.1) is 0 Å². The van der Waals surface area contributed by atoms with Crippen molar-refractivity contribution in [1.82, 2.24) is 9.97 Å². The lowest BCUT2D eigenvalue weighted by Gasteiger charge is -2.10. The highest BCUT2D eigenvalue weighted by atomic mass is 16.5.